The highest BCUT2D eigenvalue weighted by atomic mass is 16.5. The Kier molecular flexibility index (Phi) is 5.05. The van der Waals surface area contributed by atoms with E-state index in [0.29, 0.717) is 13.1 Å². The maximum Gasteiger partial charge on any atom is 0.310 e. The number of furan rings is 1. The predicted molar refractivity (Wildman–Crippen MR) is 105 cm³/mol. The number of benzene rings is 2. The summed E-state index contributed by atoms with van der Waals surface area (Å²) in [5.41, 5.74) is 1.49. The van der Waals surface area contributed by atoms with Gasteiger partial charge in [-0.3, -0.25) is 9.59 Å². The second-order valence-corrected chi connectivity index (χ2v) is 7.31. The third-order valence-electron chi connectivity index (χ3n) is 5.00. The molecule has 1 aliphatic rings. The van der Waals surface area contributed by atoms with Gasteiger partial charge in [-0.15, -0.1) is 0 Å². The van der Waals surface area contributed by atoms with Gasteiger partial charge in [-0.05, 0) is 30.7 Å². The number of hydrogen-bond acceptors (Lipinski definition) is 5. The number of hydrogen-bond donors (Lipinski definition) is 0. The van der Waals surface area contributed by atoms with Crippen molar-refractivity contribution in [3.8, 4) is 0 Å². The highest BCUT2D eigenvalue weighted by Crippen LogP contribution is 2.30. The number of ether oxygens (including phenoxy) is 2. The van der Waals surface area contributed by atoms with Crippen LogP contribution in [-0.4, -0.2) is 48.7 Å². The van der Waals surface area contributed by atoms with E-state index < -0.39 is 5.97 Å². The molecule has 0 bridgehead atoms. The average Bonchev–Trinajstić information content (AvgIpc) is 3.08. The average molecular weight is 381 g/mol. The van der Waals surface area contributed by atoms with Crippen LogP contribution in [0.1, 0.15) is 19.4 Å². The maximum atomic E-state index is 12.4. The molecule has 0 radical (unpaired) electrons. The second-order valence-electron chi connectivity index (χ2n) is 7.31. The molecule has 3 aromatic rings. The summed E-state index contributed by atoms with van der Waals surface area (Å²) in [6.45, 7) is 4.62. The Hall–Kier alpha value is -2.86. The zero-order valence-electron chi connectivity index (χ0n) is 16.0. The van der Waals surface area contributed by atoms with E-state index in [1.807, 2.05) is 50.2 Å². The van der Waals surface area contributed by atoms with E-state index in [4.69, 9.17) is 13.9 Å². The third-order valence-corrected chi connectivity index (χ3v) is 5.00. The smallest absolute Gasteiger partial charge is 0.310 e. The molecule has 2 aromatic carbocycles. The molecule has 0 aliphatic carbocycles. The number of rotatable bonds is 4. The van der Waals surface area contributed by atoms with Crippen LogP contribution in [0.3, 0.4) is 0 Å². The van der Waals surface area contributed by atoms with Gasteiger partial charge in [-0.2, -0.15) is 0 Å². The highest BCUT2D eigenvalue weighted by Gasteiger charge is 2.26. The van der Waals surface area contributed by atoms with E-state index >= 15 is 0 Å². The normalized spacial score (nSPS) is 19.9. The van der Waals surface area contributed by atoms with E-state index in [9.17, 15) is 9.59 Å². The monoisotopic (exact) mass is 381 g/mol. The third kappa shape index (κ3) is 3.73. The fraction of sp³-hybridized carbons (Fsp3) is 0.364. The number of esters is 1. The van der Waals surface area contributed by atoms with Crippen LogP contribution in [0.15, 0.2) is 47.1 Å². The minimum absolute atomic E-state index is 0.0195. The van der Waals surface area contributed by atoms with Gasteiger partial charge in [0.25, 0.3) is 5.91 Å². The van der Waals surface area contributed by atoms with Gasteiger partial charge in [0.15, 0.2) is 6.61 Å². The first-order chi connectivity index (χ1) is 13.5. The molecular weight excluding hydrogens is 358 g/mol. The van der Waals surface area contributed by atoms with Crippen LogP contribution >= 0.6 is 0 Å². The van der Waals surface area contributed by atoms with Gasteiger partial charge in [0.05, 0.1) is 24.9 Å². The number of nitrogens with zero attached hydrogens (tertiary/aromatic N) is 1. The summed E-state index contributed by atoms with van der Waals surface area (Å²) in [7, 11) is 0. The van der Waals surface area contributed by atoms with Gasteiger partial charge in [0.1, 0.15) is 5.58 Å². The molecule has 4 rings (SSSR count). The molecule has 1 fully saturated rings. The zero-order valence-corrected chi connectivity index (χ0v) is 16.0. The van der Waals surface area contributed by atoms with Crippen molar-refractivity contribution in [2.24, 2.45) is 0 Å². The summed E-state index contributed by atoms with van der Waals surface area (Å²) in [6, 6.07) is 11.9. The SMILES string of the molecule is C[C@@H]1CN(C(=O)COC(=O)Cc2coc3ccc4ccccc4c23)C[C@@H](C)O1. The Morgan fingerprint density at radius 1 is 1.11 bits per heavy atom. The fourth-order valence-electron chi connectivity index (χ4n) is 3.83. The molecule has 6 heteroatoms. The van der Waals surface area contributed by atoms with Crippen molar-refractivity contribution in [3.63, 3.8) is 0 Å². The molecule has 1 saturated heterocycles. The fourth-order valence-corrected chi connectivity index (χ4v) is 3.83. The molecule has 1 aliphatic heterocycles. The van der Waals surface area contributed by atoms with Gasteiger partial charge in [-0.1, -0.05) is 30.3 Å². The first-order valence-electron chi connectivity index (χ1n) is 9.48. The summed E-state index contributed by atoms with van der Waals surface area (Å²) in [4.78, 5) is 26.4. The maximum absolute atomic E-state index is 12.4. The minimum atomic E-state index is -0.446. The molecule has 0 unspecified atom stereocenters. The Labute approximate surface area is 163 Å². The largest absolute Gasteiger partial charge is 0.464 e. The molecule has 0 spiro atoms. The van der Waals surface area contributed by atoms with E-state index in [2.05, 4.69) is 0 Å². The topological polar surface area (TPSA) is 69.0 Å². The highest BCUT2D eigenvalue weighted by molar-refractivity contribution is 6.08. The zero-order chi connectivity index (χ0) is 19.7. The summed E-state index contributed by atoms with van der Waals surface area (Å²) in [6.07, 6.45) is 1.61. The first-order valence-corrected chi connectivity index (χ1v) is 9.48. The Bertz CT molecular complexity index is 1010. The van der Waals surface area contributed by atoms with Crippen LogP contribution < -0.4 is 0 Å². The van der Waals surface area contributed by atoms with Gasteiger partial charge in [0, 0.05) is 24.0 Å². The van der Waals surface area contributed by atoms with E-state index in [1.54, 1.807) is 11.2 Å². The van der Waals surface area contributed by atoms with Crippen LogP contribution in [0.2, 0.25) is 0 Å². The lowest BCUT2D eigenvalue weighted by atomic mass is 10.0. The molecule has 6 nitrogen and oxygen atoms in total. The van der Waals surface area contributed by atoms with Gasteiger partial charge < -0.3 is 18.8 Å². The van der Waals surface area contributed by atoms with Crippen molar-refractivity contribution in [1.82, 2.24) is 4.90 Å². The molecule has 0 N–H and O–H groups in total. The van der Waals surface area contributed by atoms with Crippen molar-refractivity contribution < 1.29 is 23.5 Å². The van der Waals surface area contributed by atoms with E-state index in [-0.39, 0.29) is 31.1 Å². The van der Waals surface area contributed by atoms with Crippen LogP contribution in [-0.2, 0) is 25.5 Å². The number of carbonyl (C=O) groups excluding carboxylic acids is 2. The number of amides is 1. The van der Waals surface area contributed by atoms with Crippen molar-refractivity contribution in [2.45, 2.75) is 32.5 Å². The van der Waals surface area contributed by atoms with Crippen LogP contribution in [0.25, 0.3) is 21.7 Å². The number of fused-ring (bicyclic) bond motifs is 3. The molecule has 1 amide bonds. The number of carbonyl (C=O) groups is 2. The molecule has 2 heterocycles. The minimum Gasteiger partial charge on any atom is -0.464 e. The second kappa shape index (κ2) is 7.64. The Balaban J connectivity index is 1.43. The lowest BCUT2D eigenvalue weighted by molar-refractivity contribution is -0.156. The predicted octanol–water partition coefficient (Wildman–Crippen LogP) is 3.31. The molecule has 1 aromatic heterocycles. The number of morpholine rings is 1. The van der Waals surface area contributed by atoms with Crippen molar-refractivity contribution in [1.29, 1.82) is 0 Å². The molecule has 28 heavy (non-hydrogen) atoms. The van der Waals surface area contributed by atoms with E-state index in [0.717, 1.165) is 27.3 Å². The van der Waals surface area contributed by atoms with Gasteiger partial charge in [-0.25, -0.2) is 0 Å². The summed E-state index contributed by atoms with van der Waals surface area (Å²) >= 11 is 0. The summed E-state index contributed by atoms with van der Waals surface area (Å²) < 4.78 is 16.5. The molecule has 0 saturated carbocycles. The Morgan fingerprint density at radius 2 is 1.86 bits per heavy atom. The lowest BCUT2D eigenvalue weighted by Gasteiger charge is -2.35. The van der Waals surface area contributed by atoms with Crippen LogP contribution in [0, 0.1) is 0 Å². The van der Waals surface area contributed by atoms with Crippen molar-refractivity contribution >= 4 is 33.6 Å². The van der Waals surface area contributed by atoms with Crippen molar-refractivity contribution in [2.75, 3.05) is 19.7 Å². The molecular formula is C22H23NO5. The molecule has 2 atom stereocenters. The van der Waals surface area contributed by atoms with Gasteiger partial charge in [0.2, 0.25) is 0 Å². The lowest BCUT2D eigenvalue weighted by Crippen LogP contribution is -2.49. The standard InChI is InChI=1S/C22H23NO5/c1-14-10-23(11-15(2)28-14)20(24)13-27-21(25)9-17-12-26-19-8-7-16-5-3-4-6-18(16)22(17)19/h3-8,12,14-15H,9-11,13H2,1-2H3/t14-,15-/m1/s1. The van der Waals surface area contributed by atoms with E-state index in [1.165, 1.54) is 0 Å². The van der Waals surface area contributed by atoms with Crippen LogP contribution in [0.5, 0.6) is 0 Å². The quantitative estimate of drug-likeness (QED) is 0.649. The van der Waals surface area contributed by atoms with Gasteiger partial charge >= 0.3 is 5.97 Å². The molecule has 146 valence electrons. The van der Waals surface area contributed by atoms with Crippen molar-refractivity contribution in [3.05, 3.63) is 48.2 Å². The van der Waals surface area contributed by atoms with Crippen LogP contribution in [0.4, 0.5) is 0 Å². The first kappa shape index (κ1) is 18.5. The summed E-state index contributed by atoms with van der Waals surface area (Å²) in [5, 5.41) is 3.03. The Morgan fingerprint density at radius 3 is 2.64 bits per heavy atom. The summed E-state index contributed by atoms with van der Waals surface area (Å²) in [5.74, 6) is -0.642.